The van der Waals surface area contributed by atoms with Crippen LogP contribution in [0.25, 0.3) is 0 Å². The van der Waals surface area contributed by atoms with Crippen molar-refractivity contribution in [2.75, 3.05) is 20.2 Å². The number of carbonyl (C=O) groups is 1. The summed E-state index contributed by atoms with van der Waals surface area (Å²) in [6, 6.07) is 1.36. The van der Waals surface area contributed by atoms with E-state index in [1.807, 2.05) is 13.8 Å². The molecule has 0 saturated carbocycles. The highest BCUT2D eigenvalue weighted by molar-refractivity contribution is 5.94. The maximum absolute atomic E-state index is 13.0. The molecule has 0 aliphatic heterocycles. The van der Waals surface area contributed by atoms with Crippen LogP contribution in [0.15, 0.2) is 12.1 Å². The van der Waals surface area contributed by atoms with Gasteiger partial charge >= 0.3 is 0 Å². The number of amides is 1. The number of ether oxygens (including phenoxy) is 1. The summed E-state index contributed by atoms with van der Waals surface area (Å²) in [6.45, 7) is 4.29. The molecular weight excluding hydrogens is 259 g/mol. The third-order valence-corrected chi connectivity index (χ3v) is 2.46. The van der Waals surface area contributed by atoms with Crippen LogP contribution in [-0.2, 0) is 4.74 Å². The first-order chi connectivity index (χ1) is 8.82. The molecule has 0 spiro atoms. The average Bonchev–Trinajstić information content (AvgIpc) is 2.33. The molecule has 1 rings (SSSR count). The van der Waals surface area contributed by atoms with Crippen LogP contribution in [0, 0.1) is 17.5 Å². The topological polar surface area (TPSA) is 29.5 Å². The summed E-state index contributed by atoms with van der Waals surface area (Å²) in [5.41, 5.74) is -0.233. The van der Waals surface area contributed by atoms with Crippen LogP contribution >= 0.6 is 0 Å². The van der Waals surface area contributed by atoms with Crippen LogP contribution in [0.3, 0.4) is 0 Å². The molecule has 0 atom stereocenters. The number of rotatable bonds is 5. The summed E-state index contributed by atoms with van der Waals surface area (Å²) in [4.78, 5) is 13.1. The van der Waals surface area contributed by atoms with Crippen LogP contribution in [0.1, 0.15) is 24.2 Å². The SMILES string of the molecule is CC(C)OCCN(C)C(=O)c1cc(F)c(F)c(F)c1. The minimum absolute atomic E-state index is 0.0317. The highest BCUT2D eigenvalue weighted by Gasteiger charge is 2.17. The smallest absolute Gasteiger partial charge is 0.253 e. The number of hydrogen-bond acceptors (Lipinski definition) is 2. The Morgan fingerprint density at radius 3 is 2.26 bits per heavy atom. The highest BCUT2D eigenvalue weighted by Crippen LogP contribution is 2.14. The Hall–Kier alpha value is -1.56. The first-order valence-corrected chi connectivity index (χ1v) is 5.84. The molecule has 0 N–H and O–H groups in total. The molecule has 0 radical (unpaired) electrons. The van der Waals surface area contributed by atoms with E-state index in [0.29, 0.717) is 18.7 Å². The predicted molar refractivity (Wildman–Crippen MR) is 64.4 cm³/mol. The quantitative estimate of drug-likeness (QED) is 0.773. The zero-order chi connectivity index (χ0) is 14.6. The molecule has 106 valence electrons. The molecule has 6 heteroatoms. The second kappa shape index (κ2) is 6.56. The van der Waals surface area contributed by atoms with Crippen molar-refractivity contribution in [1.82, 2.24) is 4.90 Å². The van der Waals surface area contributed by atoms with E-state index in [-0.39, 0.29) is 18.2 Å². The van der Waals surface area contributed by atoms with Gasteiger partial charge in [0.2, 0.25) is 0 Å². The molecule has 3 nitrogen and oxygen atoms in total. The van der Waals surface area contributed by atoms with Gasteiger partial charge in [-0.3, -0.25) is 4.79 Å². The summed E-state index contributed by atoms with van der Waals surface area (Å²) in [5.74, 6) is -4.93. The Morgan fingerprint density at radius 2 is 1.79 bits per heavy atom. The Bertz CT molecular complexity index is 440. The second-order valence-corrected chi connectivity index (χ2v) is 4.40. The summed E-state index contributed by atoms with van der Waals surface area (Å²) in [7, 11) is 1.48. The number of likely N-dealkylation sites (N-methyl/N-ethyl adjacent to an activating group) is 1. The molecule has 1 aromatic carbocycles. The molecule has 0 aliphatic rings. The van der Waals surface area contributed by atoms with Gasteiger partial charge in [0, 0.05) is 19.2 Å². The fourth-order valence-corrected chi connectivity index (χ4v) is 1.43. The van der Waals surface area contributed by atoms with Crippen molar-refractivity contribution in [3.8, 4) is 0 Å². The molecule has 0 aliphatic carbocycles. The molecule has 1 aromatic rings. The molecular formula is C13H16F3NO2. The number of halogens is 3. The number of carbonyl (C=O) groups excluding carboxylic acids is 1. The number of nitrogens with zero attached hydrogens (tertiary/aromatic N) is 1. The molecule has 0 aromatic heterocycles. The van der Waals surface area contributed by atoms with Gasteiger partial charge in [0.1, 0.15) is 0 Å². The maximum Gasteiger partial charge on any atom is 0.253 e. The van der Waals surface area contributed by atoms with Crippen molar-refractivity contribution in [1.29, 1.82) is 0 Å². The highest BCUT2D eigenvalue weighted by atomic mass is 19.2. The lowest BCUT2D eigenvalue weighted by Crippen LogP contribution is -2.31. The van der Waals surface area contributed by atoms with E-state index in [1.165, 1.54) is 11.9 Å². The minimum Gasteiger partial charge on any atom is -0.377 e. The zero-order valence-electron chi connectivity index (χ0n) is 11.0. The molecule has 0 saturated heterocycles. The van der Waals surface area contributed by atoms with Gasteiger partial charge in [-0.05, 0) is 26.0 Å². The van der Waals surface area contributed by atoms with Gasteiger partial charge in [-0.1, -0.05) is 0 Å². The number of hydrogen-bond donors (Lipinski definition) is 0. The lowest BCUT2D eigenvalue weighted by atomic mass is 10.2. The second-order valence-electron chi connectivity index (χ2n) is 4.40. The Labute approximate surface area is 110 Å². The minimum atomic E-state index is -1.58. The van der Waals surface area contributed by atoms with E-state index in [9.17, 15) is 18.0 Å². The van der Waals surface area contributed by atoms with Gasteiger partial charge < -0.3 is 9.64 Å². The van der Waals surface area contributed by atoms with Crippen molar-refractivity contribution in [2.45, 2.75) is 20.0 Å². The molecule has 0 unspecified atom stereocenters. The third-order valence-electron chi connectivity index (χ3n) is 2.46. The molecule has 19 heavy (non-hydrogen) atoms. The van der Waals surface area contributed by atoms with Crippen molar-refractivity contribution < 1.29 is 22.7 Å². The van der Waals surface area contributed by atoms with Crippen molar-refractivity contribution in [3.63, 3.8) is 0 Å². The van der Waals surface area contributed by atoms with Gasteiger partial charge in [-0.25, -0.2) is 13.2 Å². The molecule has 0 heterocycles. The standard InChI is InChI=1S/C13H16F3NO2/c1-8(2)19-5-4-17(3)13(18)9-6-10(14)12(16)11(15)7-9/h6-8H,4-5H2,1-3H3. The van der Waals surface area contributed by atoms with E-state index in [4.69, 9.17) is 4.74 Å². The Kier molecular flexibility index (Phi) is 5.35. The molecule has 1 amide bonds. The van der Waals surface area contributed by atoms with Crippen LogP contribution in [0.5, 0.6) is 0 Å². The predicted octanol–water partition coefficient (Wildman–Crippen LogP) is 2.60. The average molecular weight is 275 g/mol. The largest absolute Gasteiger partial charge is 0.377 e. The summed E-state index contributed by atoms with van der Waals surface area (Å²) < 4.78 is 44.1. The first kappa shape index (κ1) is 15.5. The van der Waals surface area contributed by atoms with E-state index < -0.39 is 23.4 Å². The summed E-state index contributed by atoms with van der Waals surface area (Å²) in [5, 5.41) is 0. The monoisotopic (exact) mass is 275 g/mol. The van der Waals surface area contributed by atoms with E-state index in [2.05, 4.69) is 0 Å². The normalized spacial score (nSPS) is 10.9. The van der Waals surface area contributed by atoms with Crippen LogP contribution in [-0.4, -0.2) is 37.1 Å². The van der Waals surface area contributed by atoms with Gasteiger partial charge in [0.15, 0.2) is 17.5 Å². The van der Waals surface area contributed by atoms with Crippen molar-refractivity contribution in [3.05, 3.63) is 35.1 Å². The molecule has 0 bridgehead atoms. The number of benzene rings is 1. The van der Waals surface area contributed by atoms with E-state index in [0.717, 1.165) is 0 Å². The summed E-state index contributed by atoms with van der Waals surface area (Å²) in [6.07, 6.45) is 0.0317. The van der Waals surface area contributed by atoms with Crippen LogP contribution < -0.4 is 0 Å². The van der Waals surface area contributed by atoms with Crippen LogP contribution in [0.4, 0.5) is 13.2 Å². The van der Waals surface area contributed by atoms with Crippen molar-refractivity contribution in [2.24, 2.45) is 0 Å². The maximum atomic E-state index is 13.0. The molecule has 0 fully saturated rings. The summed E-state index contributed by atoms with van der Waals surface area (Å²) >= 11 is 0. The van der Waals surface area contributed by atoms with Gasteiger partial charge in [0.05, 0.1) is 12.7 Å². The van der Waals surface area contributed by atoms with Gasteiger partial charge in [-0.2, -0.15) is 0 Å². The van der Waals surface area contributed by atoms with Gasteiger partial charge in [0.25, 0.3) is 5.91 Å². The van der Waals surface area contributed by atoms with E-state index >= 15 is 0 Å². The van der Waals surface area contributed by atoms with Gasteiger partial charge in [-0.15, -0.1) is 0 Å². The Morgan fingerprint density at radius 1 is 1.26 bits per heavy atom. The van der Waals surface area contributed by atoms with Crippen LogP contribution in [0.2, 0.25) is 0 Å². The fraction of sp³-hybridized carbons (Fsp3) is 0.462. The zero-order valence-corrected chi connectivity index (χ0v) is 11.0. The lowest BCUT2D eigenvalue weighted by Gasteiger charge is -2.18. The Balaban J connectivity index is 2.72. The van der Waals surface area contributed by atoms with E-state index in [1.54, 1.807) is 0 Å². The van der Waals surface area contributed by atoms with Crippen molar-refractivity contribution >= 4 is 5.91 Å². The lowest BCUT2D eigenvalue weighted by molar-refractivity contribution is 0.0531. The third kappa shape index (κ3) is 4.24. The first-order valence-electron chi connectivity index (χ1n) is 5.84. The fourth-order valence-electron chi connectivity index (χ4n) is 1.43.